The molecule has 3 amide bonds. The highest BCUT2D eigenvalue weighted by molar-refractivity contribution is 5.96. The molecule has 0 saturated carbocycles. The minimum absolute atomic E-state index is 0.0896. The lowest BCUT2D eigenvalue weighted by Gasteiger charge is -2.10. The van der Waals surface area contributed by atoms with Crippen molar-refractivity contribution in [1.82, 2.24) is 16.0 Å². The molecule has 1 atom stereocenters. The van der Waals surface area contributed by atoms with Crippen LogP contribution < -0.4 is 16.0 Å². The Morgan fingerprint density at radius 2 is 1.48 bits per heavy atom. The summed E-state index contributed by atoms with van der Waals surface area (Å²) >= 11 is 0. The minimum Gasteiger partial charge on any atom is -0.356 e. The van der Waals surface area contributed by atoms with E-state index >= 15 is 0 Å². The van der Waals surface area contributed by atoms with Crippen molar-refractivity contribution in [2.75, 3.05) is 19.6 Å². The highest BCUT2D eigenvalue weighted by atomic mass is 16.2. The van der Waals surface area contributed by atoms with E-state index in [-0.39, 0.29) is 43.5 Å². The summed E-state index contributed by atoms with van der Waals surface area (Å²) in [6.07, 6.45) is 3.64. The molecule has 0 spiro atoms. The molecule has 130 valence electrons. The average Bonchev–Trinajstić information content (AvgIpc) is 2.50. The SMILES string of the molecule is CCC(C)CNC(=O)CCNC(=O)CCNC(=O)/C=C\C(C)=O. The van der Waals surface area contributed by atoms with E-state index in [0.717, 1.165) is 18.6 Å². The smallest absolute Gasteiger partial charge is 0.244 e. The van der Waals surface area contributed by atoms with E-state index < -0.39 is 5.91 Å². The molecule has 0 aromatic rings. The summed E-state index contributed by atoms with van der Waals surface area (Å²) in [5, 5.41) is 7.91. The van der Waals surface area contributed by atoms with Crippen LogP contribution in [-0.2, 0) is 19.2 Å². The van der Waals surface area contributed by atoms with Gasteiger partial charge in [-0.1, -0.05) is 20.3 Å². The molecule has 0 bridgehead atoms. The molecule has 0 aromatic heterocycles. The number of ketones is 1. The number of hydrogen-bond acceptors (Lipinski definition) is 4. The van der Waals surface area contributed by atoms with Crippen molar-refractivity contribution in [2.45, 2.75) is 40.0 Å². The Morgan fingerprint density at radius 1 is 0.913 bits per heavy atom. The maximum atomic E-state index is 11.5. The van der Waals surface area contributed by atoms with Crippen LogP contribution in [0, 0.1) is 5.92 Å². The Morgan fingerprint density at radius 3 is 2.04 bits per heavy atom. The zero-order valence-corrected chi connectivity index (χ0v) is 14.1. The predicted octanol–water partition coefficient (Wildman–Crippen LogP) is 0.307. The lowest BCUT2D eigenvalue weighted by molar-refractivity contribution is -0.122. The van der Waals surface area contributed by atoms with Crippen LogP contribution in [0.25, 0.3) is 0 Å². The molecule has 0 aliphatic heterocycles. The Labute approximate surface area is 137 Å². The molecule has 7 heteroatoms. The fraction of sp³-hybridized carbons (Fsp3) is 0.625. The molecule has 0 aliphatic rings. The van der Waals surface area contributed by atoms with Crippen molar-refractivity contribution >= 4 is 23.5 Å². The summed E-state index contributed by atoms with van der Waals surface area (Å²) < 4.78 is 0. The zero-order chi connectivity index (χ0) is 17.7. The molecule has 3 N–H and O–H groups in total. The van der Waals surface area contributed by atoms with Gasteiger partial charge >= 0.3 is 0 Å². The molecule has 0 rings (SSSR count). The maximum Gasteiger partial charge on any atom is 0.244 e. The van der Waals surface area contributed by atoms with Gasteiger partial charge in [-0.25, -0.2) is 0 Å². The molecule has 7 nitrogen and oxygen atoms in total. The van der Waals surface area contributed by atoms with E-state index in [4.69, 9.17) is 0 Å². The molecular weight excluding hydrogens is 298 g/mol. The molecule has 0 saturated heterocycles. The van der Waals surface area contributed by atoms with Crippen LogP contribution in [-0.4, -0.2) is 43.1 Å². The van der Waals surface area contributed by atoms with Gasteiger partial charge in [-0.3, -0.25) is 19.2 Å². The molecule has 1 unspecified atom stereocenters. The third-order valence-corrected chi connectivity index (χ3v) is 3.14. The standard InChI is InChI=1S/C16H27N3O4/c1-4-12(2)11-19-16(23)8-10-18-15(22)7-9-17-14(21)6-5-13(3)20/h5-6,12H,4,7-11H2,1-3H3,(H,17,21)(H,18,22)(H,19,23)/b6-5-. The summed E-state index contributed by atoms with van der Waals surface area (Å²) in [5.41, 5.74) is 0. The fourth-order valence-corrected chi connectivity index (χ4v) is 1.48. The second-order valence-electron chi connectivity index (χ2n) is 5.40. The number of nitrogens with one attached hydrogen (secondary N) is 3. The molecule has 0 aromatic carbocycles. The van der Waals surface area contributed by atoms with Gasteiger partial charge in [0.1, 0.15) is 0 Å². The summed E-state index contributed by atoms with van der Waals surface area (Å²) in [7, 11) is 0. The van der Waals surface area contributed by atoms with Crippen molar-refractivity contribution in [2.24, 2.45) is 5.92 Å². The van der Waals surface area contributed by atoms with Crippen LogP contribution in [0.2, 0.25) is 0 Å². The van der Waals surface area contributed by atoms with E-state index in [0.29, 0.717) is 12.5 Å². The molecular formula is C16H27N3O4. The Balaban J connectivity index is 3.70. The second-order valence-corrected chi connectivity index (χ2v) is 5.40. The average molecular weight is 325 g/mol. The number of hydrogen-bond donors (Lipinski definition) is 3. The number of carbonyl (C=O) groups is 4. The van der Waals surface area contributed by atoms with E-state index in [2.05, 4.69) is 29.8 Å². The monoisotopic (exact) mass is 325 g/mol. The fourth-order valence-electron chi connectivity index (χ4n) is 1.48. The second kappa shape index (κ2) is 12.4. The first kappa shape index (κ1) is 20.8. The van der Waals surface area contributed by atoms with Crippen LogP contribution in [0.1, 0.15) is 40.0 Å². The highest BCUT2D eigenvalue weighted by Gasteiger charge is 2.06. The Bertz CT molecular complexity index is 447. The van der Waals surface area contributed by atoms with Crippen LogP contribution in [0.15, 0.2) is 12.2 Å². The Kier molecular flexibility index (Phi) is 11.2. The van der Waals surface area contributed by atoms with Gasteiger partial charge in [0.2, 0.25) is 17.7 Å². The Hall–Kier alpha value is -2.18. The van der Waals surface area contributed by atoms with Crippen LogP contribution in [0.4, 0.5) is 0 Å². The van der Waals surface area contributed by atoms with Crippen molar-refractivity contribution in [3.63, 3.8) is 0 Å². The normalized spacial score (nSPS) is 11.8. The van der Waals surface area contributed by atoms with Gasteiger partial charge in [0, 0.05) is 38.6 Å². The molecule has 0 heterocycles. The number of rotatable bonds is 11. The van der Waals surface area contributed by atoms with Crippen LogP contribution in [0.5, 0.6) is 0 Å². The maximum absolute atomic E-state index is 11.5. The third-order valence-electron chi connectivity index (χ3n) is 3.14. The first-order valence-electron chi connectivity index (χ1n) is 7.85. The zero-order valence-electron chi connectivity index (χ0n) is 14.1. The first-order valence-corrected chi connectivity index (χ1v) is 7.85. The van der Waals surface area contributed by atoms with Crippen molar-refractivity contribution in [1.29, 1.82) is 0 Å². The van der Waals surface area contributed by atoms with E-state index in [9.17, 15) is 19.2 Å². The molecule has 0 aliphatic carbocycles. The minimum atomic E-state index is -0.419. The van der Waals surface area contributed by atoms with Crippen molar-refractivity contribution < 1.29 is 19.2 Å². The lowest BCUT2D eigenvalue weighted by atomic mass is 10.1. The largest absolute Gasteiger partial charge is 0.356 e. The van der Waals surface area contributed by atoms with Gasteiger partial charge in [-0.15, -0.1) is 0 Å². The van der Waals surface area contributed by atoms with Gasteiger partial charge in [0.25, 0.3) is 0 Å². The summed E-state index contributed by atoms with van der Waals surface area (Å²) in [4.78, 5) is 44.9. The summed E-state index contributed by atoms with van der Waals surface area (Å²) in [6.45, 7) is 6.55. The van der Waals surface area contributed by atoms with Gasteiger partial charge in [-0.2, -0.15) is 0 Å². The van der Waals surface area contributed by atoms with Crippen molar-refractivity contribution in [3.05, 3.63) is 12.2 Å². The summed E-state index contributed by atoms with van der Waals surface area (Å²) in [5.74, 6) is -0.528. The third kappa shape index (κ3) is 13.2. The first-order chi connectivity index (χ1) is 10.8. The van der Waals surface area contributed by atoms with Gasteiger partial charge in [0.05, 0.1) is 0 Å². The molecule has 23 heavy (non-hydrogen) atoms. The van der Waals surface area contributed by atoms with Gasteiger partial charge in [-0.05, 0) is 18.9 Å². The predicted molar refractivity (Wildman–Crippen MR) is 87.5 cm³/mol. The summed E-state index contributed by atoms with van der Waals surface area (Å²) in [6, 6.07) is 0. The quantitative estimate of drug-likeness (QED) is 0.475. The van der Waals surface area contributed by atoms with E-state index in [1.807, 2.05) is 0 Å². The van der Waals surface area contributed by atoms with Crippen LogP contribution >= 0.6 is 0 Å². The van der Waals surface area contributed by atoms with Gasteiger partial charge < -0.3 is 16.0 Å². The van der Waals surface area contributed by atoms with Crippen molar-refractivity contribution in [3.8, 4) is 0 Å². The number of amides is 3. The van der Waals surface area contributed by atoms with E-state index in [1.165, 1.54) is 6.92 Å². The topological polar surface area (TPSA) is 104 Å². The molecule has 0 radical (unpaired) electrons. The lowest BCUT2D eigenvalue weighted by Crippen LogP contribution is -2.34. The van der Waals surface area contributed by atoms with E-state index in [1.54, 1.807) is 0 Å². The number of allylic oxidation sites excluding steroid dienone is 1. The highest BCUT2D eigenvalue weighted by Crippen LogP contribution is 1.97. The number of carbonyl (C=O) groups excluding carboxylic acids is 4. The molecule has 0 fully saturated rings. The van der Waals surface area contributed by atoms with Gasteiger partial charge in [0.15, 0.2) is 5.78 Å². The van der Waals surface area contributed by atoms with Crippen LogP contribution in [0.3, 0.4) is 0 Å².